The number of aromatic nitrogens is 1. The highest BCUT2D eigenvalue weighted by atomic mass is 32.1. The number of carbonyl (C=O) groups is 1. The molecule has 0 aliphatic heterocycles. The zero-order valence-corrected chi connectivity index (χ0v) is 10.3. The second-order valence-corrected chi connectivity index (χ2v) is 4.65. The summed E-state index contributed by atoms with van der Waals surface area (Å²) in [6, 6.07) is 3.20. The van der Waals surface area contributed by atoms with Crippen molar-refractivity contribution in [3.63, 3.8) is 0 Å². The van der Waals surface area contributed by atoms with Gasteiger partial charge in [-0.15, -0.1) is 11.3 Å². The van der Waals surface area contributed by atoms with Crippen molar-refractivity contribution in [1.29, 1.82) is 0 Å². The normalized spacial score (nSPS) is 12.5. The minimum atomic E-state index is -1.06. The van der Waals surface area contributed by atoms with Gasteiger partial charge in [-0.3, -0.25) is 14.9 Å². The van der Waals surface area contributed by atoms with Gasteiger partial charge in [0.05, 0.1) is 21.1 Å². The van der Waals surface area contributed by atoms with E-state index in [2.05, 4.69) is 4.98 Å². The third kappa shape index (κ3) is 1.92. The number of nitro benzene ring substituents is 1. The Morgan fingerprint density at radius 1 is 1.61 bits per heavy atom. The monoisotopic (exact) mass is 266 g/mol. The van der Waals surface area contributed by atoms with E-state index in [0.29, 0.717) is 11.1 Å². The predicted octanol–water partition coefficient (Wildman–Crippen LogP) is 2.78. The lowest BCUT2D eigenvalue weighted by atomic mass is 9.94. The number of nitro groups is 1. The van der Waals surface area contributed by atoms with Crippen molar-refractivity contribution in [2.24, 2.45) is 0 Å². The van der Waals surface area contributed by atoms with Gasteiger partial charge in [-0.1, -0.05) is 6.92 Å². The molecule has 0 spiro atoms. The van der Waals surface area contributed by atoms with Crippen molar-refractivity contribution < 1.29 is 14.8 Å². The molecule has 7 heteroatoms. The van der Waals surface area contributed by atoms with Gasteiger partial charge in [0, 0.05) is 5.56 Å². The average molecular weight is 266 g/mol. The Bertz CT molecular complexity index is 623. The van der Waals surface area contributed by atoms with Gasteiger partial charge in [0.25, 0.3) is 5.69 Å². The molecule has 0 aliphatic rings. The lowest BCUT2D eigenvalue weighted by Gasteiger charge is -2.10. The number of carboxylic acid groups (broad SMARTS) is 1. The minimum Gasteiger partial charge on any atom is -0.481 e. The standard InChI is InChI=1S/C11H10N2O4S/c1-2-6(11(14)15)7-3-4-8-9(12-5-18-8)10(7)13(16)17/h3-6H,2H2,1H3,(H,14,15). The summed E-state index contributed by atoms with van der Waals surface area (Å²) in [5.41, 5.74) is 1.81. The first kappa shape index (κ1) is 12.4. The summed E-state index contributed by atoms with van der Waals surface area (Å²) in [5, 5.41) is 20.3. The average Bonchev–Trinajstić information content (AvgIpc) is 2.76. The zero-order valence-electron chi connectivity index (χ0n) is 9.49. The van der Waals surface area contributed by atoms with E-state index in [9.17, 15) is 14.9 Å². The van der Waals surface area contributed by atoms with E-state index in [4.69, 9.17) is 5.11 Å². The number of hydrogen-bond acceptors (Lipinski definition) is 5. The van der Waals surface area contributed by atoms with Gasteiger partial charge < -0.3 is 5.11 Å². The molecule has 1 heterocycles. The Kier molecular flexibility index (Phi) is 3.24. The maximum Gasteiger partial charge on any atom is 0.311 e. The van der Waals surface area contributed by atoms with E-state index in [1.54, 1.807) is 13.0 Å². The van der Waals surface area contributed by atoms with Crippen LogP contribution in [0.2, 0.25) is 0 Å². The van der Waals surface area contributed by atoms with Gasteiger partial charge >= 0.3 is 5.97 Å². The Labute approximate surface area is 106 Å². The van der Waals surface area contributed by atoms with Crippen LogP contribution in [-0.4, -0.2) is 21.0 Å². The molecule has 0 saturated heterocycles. The van der Waals surface area contributed by atoms with Crippen LogP contribution in [0.5, 0.6) is 0 Å². The van der Waals surface area contributed by atoms with Crippen molar-refractivity contribution in [2.75, 3.05) is 0 Å². The first-order valence-electron chi connectivity index (χ1n) is 5.29. The maximum atomic E-state index is 11.2. The summed E-state index contributed by atoms with van der Waals surface area (Å²) in [6.07, 6.45) is 0.297. The fourth-order valence-electron chi connectivity index (χ4n) is 1.93. The van der Waals surface area contributed by atoms with Gasteiger partial charge in [-0.25, -0.2) is 4.98 Å². The largest absolute Gasteiger partial charge is 0.481 e. The molecular formula is C11H10N2O4S. The molecule has 0 bridgehead atoms. The van der Waals surface area contributed by atoms with E-state index in [0.717, 1.165) is 0 Å². The van der Waals surface area contributed by atoms with Crippen molar-refractivity contribution in [3.8, 4) is 0 Å². The molecule has 1 N–H and O–H groups in total. The SMILES string of the molecule is CCC(C(=O)O)c1ccc2scnc2c1[N+](=O)[O-]. The second kappa shape index (κ2) is 4.69. The summed E-state index contributed by atoms with van der Waals surface area (Å²) in [4.78, 5) is 25.7. The Balaban J connectivity index is 2.73. The number of nitrogens with zero attached hydrogens (tertiary/aromatic N) is 2. The van der Waals surface area contributed by atoms with Gasteiger partial charge in [0.1, 0.15) is 0 Å². The van der Waals surface area contributed by atoms with E-state index in [-0.39, 0.29) is 16.8 Å². The summed E-state index contributed by atoms with van der Waals surface area (Å²) < 4.78 is 0.686. The lowest BCUT2D eigenvalue weighted by Crippen LogP contribution is -2.12. The predicted molar refractivity (Wildman–Crippen MR) is 66.9 cm³/mol. The van der Waals surface area contributed by atoms with Crippen LogP contribution in [0.15, 0.2) is 17.6 Å². The van der Waals surface area contributed by atoms with Crippen molar-refractivity contribution in [3.05, 3.63) is 33.3 Å². The lowest BCUT2D eigenvalue weighted by molar-refractivity contribution is -0.384. The van der Waals surface area contributed by atoms with Crippen LogP contribution < -0.4 is 0 Å². The molecule has 2 rings (SSSR count). The van der Waals surface area contributed by atoms with Crippen LogP contribution in [-0.2, 0) is 4.79 Å². The summed E-state index contributed by atoms with van der Waals surface area (Å²) in [5.74, 6) is -1.94. The number of thiazole rings is 1. The highest BCUT2D eigenvalue weighted by Gasteiger charge is 2.29. The zero-order chi connectivity index (χ0) is 13.3. The topological polar surface area (TPSA) is 93.3 Å². The third-order valence-electron chi connectivity index (χ3n) is 2.77. The first-order valence-corrected chi connectivity index (χ1v) is 6.17. The number of hydrogen-bond donors (Lipinski definition) is 1. The molecule has 2 aromatic rings. The van der Waals surface area contributed by atoms with Crippen LogP contribution in [0.25, 0.3) is 10.2 Å². The first-order chi connectivity index (χ1) is 8.56. The molecule has 94 valence electrons. The maximum absolute atomic E-state index is 11.2. The Morgan fingerprint density at radius 2 is 2.33 bits per heavy atom. The summed E-state index contributed by atoms with van der Waals surface area (Å²) >= 11 is 1.29. The molecule has 1 unspecified atom stereocenters. The minimum absolute atomic E-state index is 0.192. The quantitative estimate of drug-likeness (QED) is 0.678. The van der Waals surface area contributed by atoms with Crippen molar-refractivity contribution in [1.82, 2.24) is 4.98 Å². The molecular weight excluding hydrogens is 256 g/mol. The fraction of sp³-hybridized carbons (Fsp3) is 0.273. The fourth-order valence-corrected chi connectivity index (χ4v) is 2.61. The number of carboxylic acids is 1. The molecule has 1 aromatic carbocycles. The number of aliphatic carboxylic acids is 1. The Hall–Kier alpha value is -2.02. The van der Waals surface area contributed by atoms with E-state index < -0.39 is 16.8 Å². The van der Waals surface area contributed by atoms with Crippen molar-refractivity contribution in [2.45, 2.75) is 19.3 Å². The number of fused-ring (bicyclic) bond motifs is 1. The van der Waals surface area contributed by atoms with Gasteiger partial charge in [-0.2, -0.15) is 0 Å². The Morgan fingerprint density at radius 3 is 2.89 bits per heavy atom. The molecule has 18 heavy (non-hydrogen) atoms. The van der Waals surface area contributed by atoms with Crippen LogP contribution in [0.1, 0.15) is 24.8 Å². The van der Waals surface area contributed by atoms with E-state index in [1.165, 1.54) is 22.9 Å². The highest BCUT2D eigenvalue weighted by Crippen LogP contribution is 2.36. The van der Waals surface area contributed by atoms with Crippen LogP contribution in [0, 0.1) is 10.1 Å². The number of benzene rings is 1. The molecule has 0 amide bonds. The molecule has 0 fully saturated rings. The summed E-state index contributed by atoms with van der Waals surface area (Å²) in [7, 11) is 0. The molecule has 0 radical (unpaired) electrons. The highest BCUT2D eigenvalue weighted by molar-refractivity contribution is 7.16. The number of rotatable bonds is 4. The van der Waals surface area contributed by atoms with Crippen LogP contribution in [0.4, 0.5) is 5.69 Å². The van der Waals surface area contributed by atoms with E-state index in [1.807, 2.05) is 0 Å². The second-order valence-electron chi connectivity index (χ2n) is 3.76. The smallest absolute Gasteiger partial charge is 0.311 e. The van der Waals surface area contributed by atoms with E-state index >= 15 is 0 Å². The van der Waals surface area contributed by atoms with Gasteiger partial charge in [-0.05, 0) is 18.6 Å². The molecule has 1 atom stereocenters. The third-order valence-corrected chi connectivity index (χ3v) is 3.57. The van der Waals surface area contributed by atoms with Crippen LogP contribution in [0.3, 0.4) is 0 Å². The van der Waals surface area contributed by atoms with Crippen molar-refractivity contribution >= 4 is 33.2 Å². The molecule has 6 nitrogen and oxygen atoms in total. The molecule has 0 saturated carbocycles. The van der Waals surface area contributed by atoms with Gasteiger partial charge in [0.2, 0.25) is 0 Å². The molecule has 1 aromatic heterocycles. The molecule has 0 aliphatic carbocycles. The van der Waals surface area contributed by atoms with Gasteiger partial charge in [0.15, 0.2) is 5.52 Å². The summed E-state index contributed by atoms with van der Waals surface area (Å²) in [6.45, 7) is 1.69. The van der Waals surface area contributed by atoms with Crippen LogP contribution >= 0.6 is 11.3 Å².